The molecule has 0 aliphatic heterocycles. The van der Waals surface area contributed by atoms with Crippen LogP contribution < -0.4 is 10.6 Å². The molecule has 0 saturated heterocycles. The number of carboxylic acid groups (broad SMARTS) is 1. The van der Waals surface area contributed by atoms with E-state index in [1.807, 2.05) is 0 Å². The lowest BCUT2D eigenvalue weighted by Crippen LogP contribution is -2.34. The maximum atomic E-state index is 11.4. The molecule has 0 bridgehead atoms. The molecule has 0 saturated carbocycles. The van der Waals surface area contributed by atoms with Gasteiger partial charge in [0.1, 0.15) is 5.60 Å². The Morgan fingerprint density at radius 1 is 0.778 bits per heavy atom. The first-order valence-electron chi connectivity index (χ1n) is 8.89. The van der Waals surface area contributed by atoms with Crippen molar-refractivity contribution in [2.24, 2.45) is 0 Å². The molecule has 0 aliphatic carbocycles. The highest BCUT2D eigenvalue weighted by Gasteiger charge is 2.15. The molecular formula is C17H32N2O8. The van der Waals surface area contributed by atoms with Crippen molar-refractivity contribution in [3.05, 3.63) is 0 Å². The molecule has 27 heavy (non-hydrogen) atoms. The first kappa shape index (κ1) is 25.1. The minimum absolute atomic E-state index is 0.0360. The quantitative estimate of drug-likeness (QED) is 0.344. The molecule has 2 amide bonds. The van der Waals surface area contributed by atoms with Crippen molar-refractivity contribution < 1.29 is 38.4 Å². The summed E-state index contributed by atoms with van der Waals surface area (Å²) in [5.74, 6) is -1.31. The van der Waals surface area contributed by atoms with Gasteiger partial charge in [-0.2, -0.15) is 0 Å². The molecular weight excluding hydrogens is 360 g/mol. The van der Waals surface area contributed by atoms with E-state index in [4.69, 9.17) is 24.1 Å². The average Bonchev–Trinajstić information content (AvgIpc) is 2.55. The summed E-state index contributed by atoms with van der Waals surface area (Å²) < 4.78 is 20.9. The van der Waals surface area contributed by atoms with Crippen LogP contribution in [-0.2, 0) is 28.5 Å². The lowest BCUT2D eigenvalue weighted by atomic mass is 10.2. The molecule has 0 fully saturated rings. The van der Waals surface area contributed by atoms with E-state index in [1.54, 1.807) is 20.8 Å². The second-order valence-electron chi connectivity index (χ2n) is 6.51. The van der Waals surface area contributed by atoms with Crippen LogP contribution in [0, 0.1) is 0 Å². The molecule has 0 atom stereocenters. The maximum absolute atomic E-state index is 11.4. The van der Waals surface area contributed by atoms with Gasteiger partial charge in [-0.05, 0) is 20.8 Å². The van der Waals surface area contributed by atoms with Gasteiger partial charge < -0.3 is 34.7 Å². The number of carbonyl (C=O) groups excluding carboxylic acids is 2. The van der Waals surface area contributed by atoms with Crippen molar-refractivity contribution in [3.8, 4) is 0 Å². The highest BCUT2D eigenvalue weighted by atomic mass is 16.6. The first-order valence-corrected chi connectivity index (χ1v) is 8.89. The number of nitrogens with one attached hydrogen (secondary N) is 2. The Morgan fingerprint density at radius 3 is 1.74 bits per heavy atom. The number of hydrogen-bond donors (Lipinski definition) is 3. The lowest BCUT2D eigenvalue weighted by Gasteiger charge is -2.19. The van der Waals surface area contributed by atoms with E-state index in [1.165, 1.54) is 0 Å². The molecule has 0 spiro atoms. The van der Waals surface area contributed by atoms with Crippen molar-refractivity contribution in [3.63, 3.8) is 0 Å². The standard InChI is InChI=1S/C17H32N2O8/c1-17(2,3)27-16(23)19-7-9-25-11-13-26-12-10-24-8-6-18-14(20)4-5-15(21)22/h4-13H2,1-3H3,(H,18,20)(H,19,23)(H,21,22). The van der Waals surface area contributed by atoms with Crippen LogP contribution in [-0.4, -0.2) is 81.4 Å². The van der Waals surface area contributed by atoms with Gasteiger partial charge in [0.05, 0.1) is 46.1 Å². The van der Waals surface area contributed by atoms with Crippen LogP contribution in [0.15, 0.2) is 0 Å². The summed E-state index contributed by atoms with van der Waals surface area (Å²) >= 11 is 0. The monoisotopic (exact) mass is 392 g/mol. The SMILES string of the molecule is CC(C)(C)OC(=O)NCCOCCOCCOCCNC(=O)CCC(=O)O. The Bertz CT molecular complexity index is 437. The van der Waals surface area contributed by atoms with Gasteiger partial charge in [0.25, 0.3) is 0 Å². The van der Waals surface area contributed by atoms with Gasteiger partial charge in [-0.1, -0.05) is 0 Å². The number of rotatable bonds is 15. The summed E-state index contributed by atoms with van der Waals surface area (Å²) in [4.78, 5) is 32.9. The number of hydrogen-bond acceptors (Lipinski definition) is 7. The summed E-state index contributed by atoms with van der Waals surface area (Å²) in [5.41, 5.74) is -0.521. The number of ether oxygens (including phenoxy) is 4. The number of carbonyl (C=O) groups is 3. The number of amides is 2. The van der Waals surface area contributed by atoms with Crippen LogP contribution in [0.5, 0.6) is 0 Å². The summed E-state index contributed by atoms with van der Waals surface area (Å²) in [6, 6.07) is 0. The zero-order chi connectivity index (χ0) is 20.5. The topological polar surface area (TPSA) is 132 Å². The van der Waals surface area contributed by atoms with Gasteiger partial charge in [0.15, 0.2) is 0 Å². The Morgan fingerprint density at radius 2 is 1.26 bits per heavy atom. The van der Waals surface area contributed by atoms with E-state index in [0.717, 1.165) is 0 Å². The number of aliphatic carboxylic acids is 1. The van der Waals surface area contributed by atoms with Gasteiger partial charge in [0, 0.05) is 19.5 Å². The Balaban J connectivity index is 3.26. The summed E-state index contributed by atoms with van der Waals surface area (Å²) in [6.45, 7) is 8.33. The van der Waals surface area contributed by atoms with Gasteiger partial charge in [0.2, 0.25) is 5.91 Å². The third kappa shape index (κ3) is 20.3. The zero-order valence-electron chi connectivity index (χ0n) is 16.4. The van der Waals surface area contributed by atoms with Crippen molar-refractivity contribution in [1.82, 2.24) is 10.6 Å². The second kappa shape index (κ2) is 15.2. The van der Waals surface area contributed by atoms with Crippen LogP contribution in [0.2, 0.25) is 0 Å². The Hall–Kier alpha value is -1.91. The van der Waals surface area contributed by atoms with Gasteiger partial charge >= 0.3 is 12.1 Å². The molecule has 0 rings (SSSR count). The molecule has 10 nitrogen and oxygen atoms in total. The fraction of sp³-hybridized carbons (Fsp3) is 0.824. The highest BCUT2D eigenvalue weighted by Crippen LogP contribution is 2.05. The molecule has 0 unspecified atom stereocenters. The van der Waals surface area contributed by atoms with Crippen molar-refractivity contribution in [2.75, 3.05) is 52.7 Å². The summed E-state index contributed by atoms with van der Waals surface area (Å²) in [7, 11) is 0. The van der Waals surface area contributed by atoms with Crippen molar-refractivity contribution >= 4 is 18.0 Å². The van der Waals surface area contributed by atoms with Crippen molar-refractivity contribution in [1.29, 1.82) is 0 Å². The minimum Gasteiger partial charge on any atom is -0.481 e. The zero-order valence-corrected chi connectivity index (χ0v) is 16.4. The van der Waals surface area contributed by atoms with Gasteiger partial charge in [-0.25, -0.2) is 4.79 Å². The van der Waals surface area contributed by atoms with E-state index in [0.29, 0.717) is 52.7 Å². The first-order chi connectivity index (χ1) is 12.7. The van der Waals surface area contributed by atoms with Crippen LogP contribution in [0.4, 0.5) is 4.79 Å². The fourth-order valence-electron chi connectivity index (χ4n) is 1.65. The highest BCUT2D eigenvalue weighted by molar-refractivity contribution is 5.80. The molecule has 0 heterocycles. The van der Waals surface area contributed by atoms with Crippen LogP contribution in [0.3, 0.4) is 0 Å². The predicted molar refractivity (Wildman–Crippen MR) is 96.6 cm³/mol. The van der Waals surface area contributed by atoms with Gasteiger partial charge in [-0.15, -0.1) is 0 Å². The maximum Gasteiger partial charge on any atom is 0.407 e. The van der Waals surface area contributed by atoms with Crippen LogP contribution >= 0.6 is 0 Å². The molecule has 3 N–H and O–H groups in total. The van der Waals surface area contributed by atoms with Gasteiger partial charge in [-0.3, -0.25) is 9.59 Å². The second-order valence-corrected chi connectivity index (χ2v) is 6.51. The molecule has 10 heteroatoms. The smallest absolute Gasteiger partial charge is 0.407 e. The van der Waals surface area contributed by atoms with Crippen LogP contribution in [0.1, 0.15) is 33.6 Å². The molecule has 0 aliphatic rings. The third-order valence-electron chi connectivity index (χ3n) is 2.79. The van der Waals surface area contributed by atoms with Crippen molar-refractivity contribution in [2.45, 2.75) is 39.2 Å². The molecule has 158 valence electrons. The summed E-state index contributed by atoms with van der Waals surface area (Å²) in [5, 5.41) is 13.6. The van der Waals surface area contributed by atoms with E-state index in [9.17, 15) is 14.4 Å². The summed E-state index contributed by atoms with van der Waals surface area (Å²) in [6.07, 6.45) is -0.691. The fourth-order valence-corrected chi connectivity index (χ4v) is 1.65. The van der Waals surface area contributed by atoms with E-state index >= 15 is 0 Å². The number of alkyl carbamates (subject to hydrolysis) is 1. The Labute approximate surface area is 159 Å². The molecule has 0 aromatic rings. The third-order valence-corrected chi connectivity index (χ3v) is 2.79. The van der Waals surface area contributed by atoms with E-state index < -0.39 is 17.7 Å². The Kier molecular flexibility index (Phi) is 14.1. The molecule has 0 radical (unpaired) electrons. The van der Waals surface area contributed by atoms with E-state index in [2.05, 4.69) is 10.6 Å². The minimum atomic E-state index is -0.998. The van der Waals surface area contributed by atoms with E-state index in [-0.39, 0.29) is 18.7 Å². The largest absolute Gasteiger partial charge is 0.481 e. The lowest BCUT2D eigenvalue weighted by molar-refractivity contribution is -0.138. The molecule has 0 aromatic heterocycles. The normalized spacial score (nSPS) is 11.1. The molecule has 0 aromatic carbocycles. The van der Waals surface area contributed by atoms with Crippen LogP contribution in [0.25, 0.3) is 0 Å². The number of carboxylic acids is 1. The predicted octanol–water partition coefficient (Wildman–Crippen LogP) is 0.542. The average molecular weight is 392 g/mol.